The molecule has 0 aliphatic carbocycles. The van der Waals surface area contributed by atoms with Crippen LogP contribution in [0.5, 0.6) is 11.5 Å². The molecule has 0 saturated carbocycles. The second-order valence-corrected chi connectivity index (χ2v) is 4.59. The van der Waals surface area contributed by atoms with Gasteiger partial charge in [0.25, 0.3) is 0 Å². The Morgan fingerprint density at radius 3 is 2.53 bits per heavy atom. The van der Waals surface area contributed by atoms with Crippen molar-refractivity contribution in [2.24, 2.45) is 5.73 Å². The first-order chi connectivity index (χ1) is 9.20. The molecule has 0 atom stereocenters. The van der Waals surface area contributed by atoms with Crippen molar-refractivity contribution in [1.82, 2.24) is 5.16 Å². The summed E-state index contributed by atoms with van der Waals surface area (Å²) in [7, 11) is 0. The first-order valence-corrected chi connectivity index (χ1v) is 6.26. The van der Waals surface area contributed by atoms with Crippen molar-refractivity contribution in [3.63, 3.8) is 0 Å². The Kier molecular flexibility index (Phi) is 2.91. The zero-order valence-electron chi connectivity index (χ0n) is 11.0. The lowest BCUT2D eigenvalue weighted by molar-refractivity contribution is 0.171. The summed E-state index contributed by atoms with van der Waals surface area (Å²) in [4.78, 5) is 0. The van der Waals surface area contributed by atoms with Gasteiger partial charge in [-0.1, -0.05) is 5.16 Å². The molecule has 100 valence electrons. The van der Waals surface area contributed by atoms with Crippen LogP contribution in [0, 0.1) is 13.8 Å². The zero-order chi connectivity index (χ0) is 13.4. The number of benzene rings is 1. The van der Waals surface area contributed by atoms with E-state index >= 15 is 0 Å². The van der Waals surface area contributed by atoms with E-state index in [1.807, 2.05) is 26.0 Å². The van der Waals surface area contributed by atoms with E-state index in [4.69, 9.17) is 19.7 Å². The summed E-state index contributed by atoms with van der Waals surface area (Å²) >= 11 is 0. The Balaban J connectivity index is 2.14. The molecule has 2 heterocycles. The van der Waals surface area contributed by atoms with E-state index in [2.05, 4.69) is 5.16 Å². The number of fused-ring (bicyclic) bond motifs is 1. The van der Waals surface area contributed by atoms with Gasteiger partial charge in [-0.05, 0) is 31.5 Å². The van der Waals surface area contributed by atoms with Crippen LogP contribution in [0.25, 0.3) is 11.3 Å². The van der Waals surface area contributed by atoms with Crippen LogP contribution in [-0.4, -0.2) is 18.4 Å². The Hall–Kier alpha value is -2.01. The molecule has 1 aliphatic rings. The number of hydrogen-bond acceptors (Lipinski definition) is 5. The molecular formula is C14H16N2O3. The topological polar surface area (TPSA) is 70.5 Å². The maximum atomic E-state index is 5.77. The largest absolute Gasteiger partial charge is 0.486 e. The third-order valence-corrected chi connectivity index (χ3v) is 3.32. The van der Waals surface area contributed by atoms with E-state index in [-0.39, 0.29) is 0 Å². The average molecular weight is 260 g/mol. The van der Waals surface area contributed by atoms with Gasteiger partial charge in [0.05, 0.1) is 5.69 Å². The second-order valence-electron chi connectivity index (χ2n) is 4.59. The van der Waals surface area contributed by atoms with Gasteiger partial charge in [-0.25, -0.2) is 0 Å². The molecule has 5 heteroatoms. The number of aryl methyl sites for hydroxylation is 2. The first kappa shape index (κ1) is 12.0. The Morgan fingerprint density at radius 2 is 1.84 bits per heavy atom. The first-order valence-electron chi connectivity index (χ1n) is 6.26. The van der Waals surface area contributed by atoms with E-state index in [1.165, 1.54) is 0 Å². The lowest BCUT2D eigenvalue weighted by Gasteiger charge is -2.20. The molecule has 2 N–H and O–H groups in total. The minimum atomic E-state index is 0.401. The molecule has 1 aliphatic heterocycles. The van der Waals surface area contributed by atoms with Crippen LogP contribution >= 0.6 is 0 Å². The minimum absolute atomic E-state index is 0.401. The summed E-state index contributed by atoms with van der Waals surface area (Å²) in [5.41, 5.74) is 9.52. The molecule has 1 aromatic heterocycles. The molecule has 0 fully saturated rings. The quantitative estimate of drug-likeness (QED) is 0.896. The zero-order valence-corrected chi connectivity index (χ0v) is 11.0. The lowest BCUT2D eigenvalue weighted by Crippen LogP contribution is -2.15. The van der Waals surface area contributed by atoms with Gasteiger partial charge in [0, 0.05) is 17.7 Å². The fraction of sp³-hybridized carbons (Fsp3) is 0.357. The summed E-state index contributed by atoms with van der Waals surface area (Å²) < 4.78 is 16.6. The standard InChI is InChI=1S/C14H16N2O3/c1-8-5-12-13(18-4-3-17-12)6-10(8)14-11(7-15)9(2)16-19-14/h5-6H,3-4,7,15H2,1-2H3. The molecule has 0 amide bonds. The molecular weight excluding hydrogens is 244 g/mol. The lowest BCUT2D eigenvalue weighted by atomic mass is 10.0. The molecule has 0 radical (unpaired) electrons. The van der Waals surface area contributed by atoms with Gasteiger partial charge in [-0.2, -0.15) is 0 Å². The highest BCUT2D eigenvalue weighted by molar-refractivity contribution is 5.70. The molecule has 5 nitrogen and oxygen atoms in total. The van der Waals surface area contributed by atoms with Gasteiger partial charge >= 0.3 is 0 Å². The van der Waals surface area contributed by atoms with Crippen molar-refractivity contribution >= 4 is 0 Å². The van der Waals surface area contributed by atoms with Crippen LogP contribution in [0.4, 0.5) is 0 Å². The number of aromatic nitrogens is 1. The van der Waals surface area contributed by atoms with Gasteiger partial charge < -0.3 is 19.7 Å². The predicted molar refractivity (Wildman–Crippen MR) is 70.3 cm³/mol. The smallest absolute Gasteiger partial charge is 0.171 e. The van der Waals surface area contributed by atoms with Crippen molar-refractivity contribution in [2.45, 2.75) is 20.4 Å². The molecule has 2 aromatic rings. The summed E-state index contributed by atoms with van der Waals surface area (Å²) in [5.74, 6) is 2.23. The number of nitrogens with two attached hydrogens (primary N) is 1. The van der Waals surface area contributed by atoms with Crippen LogP contribution in [-0.2, 0) is 6.54 Å². The van der Waals surface area contributed by atoms with Crippen molar-refractivity contribution in [3.05, 3.63) is 29.0 Å². The number of nitrogens with zero attached hydrogens (tertiary/aromatic N) is 1. The fourth-order valence-corrected chi connectivity index (χ4v) is 2.28. The highest BCUT2D eigenvalue weighted by Gasteiger charge is 2.20. The van der Waals surface area contributed by atoms with Gasteiger partial charge in [0.2, 0.25) is 0 Å². The van der Waals surface area contributed by atoms with Crippen molar-refractivity contribution in [2.75, 3.05) is 13.2 Å². The highest BCUT2D eigenvalue weighted by atomic mass is 16.6. The van der Waals surface area contributed by atoms with Crippen molar-refractivity contribution in [3.8, 4) is 22.8 Å². The van der Waals surface area contributed by atoms with E-state index in [0.717, 1.165) is 39.6 Å². The Bertz CT molecular complexity index is 619. The summed E-state index contributed by atoms with van der Waals surface area (Å²) in [6, 6.07) is 3.89. The maximum Gasteiger partial charge on any atom is 0.171 e. The molecule has 3 rings (SSSR count). The van der Waals surface area contributed by atoms with E-state index in [1.54, 1.807) is 0 Å². The van der Waals surface area contributed by atoms with Gasteiger partial charge in [-0.3, -0.25) is 0 Å². The SMILES string of the molecule is Cc1cc2c(cc1-c1onc(C)c1CN)OCCO2. The van der Waals surface area contributed by atoms with Crippen molar-refractivity contribution < 1.29 is 14.0 Å². The Morgan fingerprint density at radius 1 is 1.16 bits per heavy atom. The van der Waals surface area contributed by atoms with Crippen molar-refractivity contribution in [1.29, 1.82) is 0 Å². The molecule has 0 saturated heterocycles. The monoisotopic (exact) mass is 260 g/mol. The second kappa shape index (κ2) is 4.59. The minimum Gasteiger partial charge on any atom is -0.486 e. The average Bonchev–Trinajstić information content (AvgIpc) is 2.78. The predicted octanol–water partition coefficient (Wildman–Crippen LogP) is 2.19. The van der Waals surface area contributed by atoms with E-state index in [9.17, 15) is 0 Å². The molecule has 19 heavy (non-hydrogen) atoms. The molecule has 0 bridgehead atoms. The molecule has 0 spiro atoms. The van der Waals surface area contributed by atoms with Crippen LogP contribution in [0.2, 0.25) is 0 Å². The van der Waals surface area contributed by atoms with Crippen LogP contribution in [0.3, 0.4) is 0 Å². The van der Waals surface area contributed by atoms with Gasteiger partial charge in [-0.15, -0.1) is 0 Å². The third-order valence-electron chi connectivity index (χ3n) is 3.32. The maximum absolute atomic E-state index is 5.77. The summed E-state index contributed by atoms with van der Waals surface area (Å²) in [6.45, 7) is 5.45. The summed E-state index contributed by atoms with van der Waals surface area (Å²) in [6.07, 6.45) is 0. The third kappa shape index (κ3) is 1.96. The molecule has 0 unspecified atom stereocenters. The number of ether oxygens (including phenoxy) is 2. The van der Waals surface area contributed by atoms with E-state index < -0.39 is 0 Å². The highest BCUT2D eigenvalue weighted by Crippen LogP contribution is 2.38. The Labute approximate surface area is 111 Å². The number of hydrogen-bond donors (Lipinski definition) is 1. The van der Waals surface area contributed by atoms with Crippen LogP contribution in [0.15, 0.2) is 16.7 Å². The molecule has 1 aromatic carbocycles. The van der Waals surface area contributed by atoms with Crippen LogP contribution in [0.1, 0.15) is 16.8 Å². The van der Waals surface area contributed by atoms with Gasteiger partial charge in [0.1, 0.15) is 13.2 Å². The fourth-order valence-electron chi connectivity index (χ4n) is 2.28. The summed E-state index contributed by atoms with van der Waals surface area (Å²) in [5, 5.41) is 3.99. The number of rotatable bonds is 2. The van der Waals surface area contributed by atoms with Gasteiger partial charge in [0.15, 0.2) is 17.3 Å². The normalized spacial score (nSPS) is 13.6. The van der Waals surface area contributed by atoms with Crippen LogP contribution < -0.4 is 15.2 Å². The van der Waals surface area contributed by atoms with E-state index in [0.29, 0.717) is 19.8 Å².